The largest absolute Gasteiger partial charge is 0.350 e. The molecule has 0 bridgehead atoms. The van der Waals surface area contributed by atoms with Gasteiger partial charge in [0.05, 0.1) is 0 Å². The van der Waals surface area contributed by atoms with Crippen LogP contribution in [-0.2, 0) is 17.8 Å². The van der Waals surface area contributed by atoms with Crippen molar-refractivity contribution in [1.82, 2.24) is 14.8 Å². The van der Waals surface area contributed by atoms with E-state index in [0.29, 0.717) is 24.3 Å². The lowest BCUT2D eigenvalue weighted by Gasteiger charge is -2.35. The first-order valence-corrected chi connectivity index (χ1v) is 9.37. The van der Waals surface area contributed by atoms with Crippen LogP contribution in [0.3, 0.4) is 0 Å². The zero-order valence-corrected chi connectivity index (χ0v) is 14.5. The fourth-order valence-corrected chi connectivity index (χ4v) is 4.00. The summed E-state index contributed by atoms with van der Waals surface area (Å²) in [5.41, 5.74) is 1.92. The van der Waals surface area contributed by atoms with E-state index >= 15 is 0 Å². The van der Waals surface area contributed by atoms with E-state index in [9.17, 15) is 9.59 Å². The SMILES string of the molecule is CC1CC(C(=O)N2CCc3ccc(C(=O)NCC4CC4)n3CC2)C1. The van der Waals surface area contributed by atoms with Gasteiger partial charge in [-0.3, -0.25) is 9.59 Å². The Morgan fingerprint density at radius 2 is 1.96 bits per heavy atom. The first kappa shape index (κ1) is 15.7. The van der Waals surface area contributed by atoms with E-state index in [0.717, 1.165) is 44.6 Å². The predicted octanol–water partition coefficient (Wildman–Crippen LogP) is 2.06. The molecular weight excluding hydrogens is 302 g/mol. The molecule has 0 unspecified atom stereocenters. The summed E-state index contributed by atoms with van der Waals surface area (Å²) in [4.78, 5) is 27.0. The first-order valence-electron chi connectivity index (χ1n) is 9.37. The van der Waals surface area contributed by atoms with Crippen LogP contribution >= 0.6 is 0 Å². The van der Waals surface area contributed by atoms with Gasteiger partial charge in [-0.25, -0.2) is 0 Å². The highest BCUT2D eigenvalue weighted by Crippen LogP contribution is 2.34. The number of carbonyl (C=O) groups excluding carboxylic acids is 2. The molecule has 1 aromatic rings. The molecule has 2 saturated carbocycles. The van der Waals surface area contributed by atoms with Gasteiger partial charge in [0.1, 0.15) is 5.69 Å². The maximum atomic E-state index is 12.6. The Bertz CT molecular complexity index is 641. The molecule has 0 saturated heterocycles. The fourth-order valence-electron chi connectivity index (χ4n) is 4.00. The monoisotopic (exact) mass is 329 g/mol. The number of nitrogens with one attached hydrogen (secondary N) is 1. The van der Waals surface area contributed by atoms with Crippen molar-refractivity contribution in [1.29, 1.82) is 0 Å². The number of fused-ring (bicyclic) bond motifs is 1. The Morgan fingerprint density at radius 3 is 2.67 bits per heavy atom. The maximum absolute atomic E-state index is 12.6. The number of carbonyl (C=O) groups is 2. The smallest absolute Gasteiger partial charge is 0.267 e. The third kappa shape index (κ3) is 3.08. The minimum atomic E-state index is 0.0285. The third-order valence-electron chi connectivity index (χ3n) is 5.82. The molecule has 0 aromatic carbocycles. The Morgan fingerprint density at radius 1 is 1.17 bits per heavy atom. The summed E-state index contributed by atoms with van der Waals surface area (Å²) in [6.45, 7) is 5.22. The highest BCUT2D eigenvalue weighted by molar-refractivity contribution is 5.93. The lowest BCUT2D eigenvalue weighted by molar-refractivity contribution is -0.139. The molecule has 1 N–H and O–H groups in total. The van der Waals surface area contributed by atoms with Crippen LogP contribution < -0.4 is 5.32 Å². The van der Waals surface area contributed by atoms with Crippen LogP contribution in [0.5, 0.6) is 0 Å². The number of aromatic nitrogens is 1. The predicted molar refractivity (Wildman–Crippen MR) is 91.7 cm³/mol. The van der Waals surface area contributed by atoms with Gasteiger partial charge >= 0.3 is 0 Å². The molecule has 2 fully saturated rings. The molecule has 2 heterocycles. The van der Waals surface area contributed by atoms with Gasteiger partial charge in [0.2, 0.25) is 5.91 Å². The number of hydrogen-bond donors (Lipinski definition) is 1. The first-order chi connectivity index (χ1) is 11.6. The van der Waals surface area contributed by atoms with Gasteiger partial charge in [-0.05, 0) is 49.7 Å². The Balaban J connectivity index is 1.39. The van der Waals surface area contributed by atoms with Crippen molar-refractivity contribution in [2.45, 2.75) is 45.6 Å². The van der Waals surface area contributed by atoms with Crippen LogP contribution in [0.2, 0.25) is 0 Å². The molecule has 24 heavy (non-hydrogen) atoms. The normalized spacial score (nSPS) is 26.3. The molecule has 3 aliphatic rings. The van der Waals surface area contributed by atoms with E-state index in [-0.39, 0.29) is 11.8 Å². The minimum absolute atomic E-state index is 0.0285. The van der Waals surface area contributed by atoms with Gasteiger partial charge in [-0.15, -0.1) is 0 Å². The number of rotatable bonds is 4. The summed E-state index contributed by atoms with van der Waals surface area (Å²) in [5, 5.41) is 3.05. The maximum Gasteiger partial charge on any atom is 0.267 e. The van der Waals surface area contributed by atoms with Crippen LogP contribution in [0.1, 0.15) is 48.8 Å². The van der Waals surface area contributed by atoms with Crippen LogP contribution in [-0.4, -0.2) is 40.9 Å². The van der Waals surface area contributed by atoms with Gasteiger partial charge in [0.25, 0.3) is 5.91 Å². The summed E-state index contributed by atoms with van der Waals surface area (Å²) in [6, 6.07) is 3.98. The average molecular weight is 329 g/mol. The van der Waals surface area contributed by atoms with Crippen molar-refractivity contribution in [2.24, 2.45) is 17.8 Å². The molecule has 5 heteroatoms. The van der Waals surface area contributed by atoms with Crippen LogP contribution in [0.15, 0.2) is 12.1 Å². The van der Waals surface area contributed by atoms with E-state index in [1.54, 1.807) is 0 Å². The van der Waals surface area contributed by atoms with Crippen LogP contribution in [0, 0.1) is 17.8 Å². The molecule has 4 rings (SSSR count). The molecule has 2 amide bonds. The van der Waals surface area contributed by atoms with Crippen molar-refractivity contribution in [3.05, 3.63) is 23.5 Å². The molecule has 130 valence electrons. The van der Waals surface area contributed by atoms with Gasteiger partial charge in [-0.2, -0.15) is 0 Å². The van der Waals surface area contributed by atoms with Crippen LogP contribution in [0.25, 0.3) is 0 Å². The molecule has 2 aliphatic carbocycles. The van der Waals surface area contributed by atoms with Gasteiger partial charge in [0.15, 0.2) is 0 Å². The van der Waals surface area contributed by atoms with Crippen molar-refractivity contribution in [2.75, 3.05) is 19.6 Å². The third-order valence-corrected chi connectivity index (χ3v) is 5.82. The highest BCUT2D eigenvalue weighted by atomic mass is 16.2. The molecule has 1 aliphatic heterocycles. The molecule has 1 aromatic heterocycles. The summed E-state index contributed by atoms with van der Waals surface area (Å²) in [6.07, 6.45) is 5.39. The van der Waals surface area contributed by atoms with E-state index in [1.165, 1.54) is 18.5 Å². The lowest BCUT2D eigenvalue weighted by atomic mass is 9.75. The highest BCUT2D eigenvalue weighted by Gasteiger charge is 2.35. The second kappa shape index (κ2) is 6.26. The van der Waals surface area contributed by atoms with E-state index in [2.05, 4.69) is 16.8 Å². The summed E-state index contributed by atoms with van der Waals surface area (Å²) >= 11 is 0. The minimum Gasteiger partial charge on any atom is -0.350 e. The zero-order valence-electron chi connectivity index (χ0n) is 14.5. The van der Waals surface area contributed by atoms with Crippen LogP contribution in [0.4, 0.5) is 0 Å². The van der Waals surface area contributed by atoms with Gasteiger partial charge in [-0.1, -0.05) is 6.92 Å². The zero-order chi connectivity index (χ0) is 16.7. The Hall–Kier alpha value is -1.78. The Labute approximate surface area is 143 Å². The fraction of sp³-hybridized carbons (Fsp3) is 0.684. The number of nitrogens with zero attached hydrogens (tertiary/aromatic N) is 2. The second-order valence-corrected chi connectivity index (χ2v) is 7.86. The summed E-state index contributed by atoms with van der Waals surface area (Å²) in [5.74, 6) is 1.96. The number of amides is 2. The van der Waals surface area contributed by atoms with E-state index in [4.69, 9.17) is 0 Å². The molecule has 5 nitrogen and oxygen atoms in total. The quantitative estimate of drug-likeness (QED) is 0.919. The van der Waals surface area contributed by atoms with E-state index in [1.807, 2.05) is 17.0 Å². The van der Waals surface area contributed by atoms with Crippen molar-refractivity contribution in [3.63, 3.8) is 0 Å². The molecule has 0 atom stereocenters. The topological polar surface area (TPSA) is 54.3 Å². The van der Waals surface area contributed by atoms with Gasteiger partial charge < -0.3 is 14.8 Å². The Kier molecular flexibility index (Phi) is 4.10. The molecule has 0 radical (unpaired) electrons. The summed E-state index contributed by atoms with van der Waals surface area (Å²) < 4.78 is 2.11. The van der Waals surface area contributed by atoms with Gasteiger partial charge in [0, 0.05) is 44.2 Å². The van der Waals surface area contributed by atoms with Crippen molar-refractivity contribution < 1.29 is 9.59 Å². The average Bonchev–Trinajstić information content (AvgIpc) is 3.32. The number of hydrogen-bond acceptors (Lipinski definition) is 2. The molecule has 0 spiro atoms. The van der Waals surface area contributed by atoms with Crippen molar-refractivity contribution >= 4 is 11.8 Å². The summed E-state index contributed by atoms with van der Waals surface area (Å²) in [7, 11) is 0. The lowest BCUT2D eigenvalue weighted by Crippen LogP contribution is -2.42. The standard InChI is InChI=1S/C19H27N3O2/c1-13-10-15(11-13)19(24)21-7-6-16-4-5-17(22(16)9-8-21)18(23)20-12-14-2-3-14/h4-5,13-15H,2-3,6-12H2,1H3,(H,20,23). The van der Waals surface area contributed by atoms with E-state index < -0.39 is 0 Å². The molecular formula is C19H27N3O2. The second-order valence-electron chi connectivity index (χ2n) is 7.86. The van der Waals surface area contributed by atoms with Crippen molar-refractivity contribution in [3.8, 4) is 0 Å².